The van der Waals surface area contributed by atoms with E-state index >= 15 is 0 Å². The molecule has 2 saturated carbocycles. The molecule has 0 saturated heterocycles. The number of rotatable bonds is 5. The normalized spacial score (nSPS) is 21.9. The van der Waals surface area contributed by atoms with Crippen molar-refractivity contribution < 1.29 is 24.5 Å². The molecular weight excluding hydrogens is 763 g/mol. The molecule has 3 aliphatic rings. The van der Waals surface area contributed by atoms with Crippen LogP contribution in [0.4, 0.5) is 0 Å². The highest BCUT2D eigenvalue weighted by molar-refractivity contribution is 6.08. The summed E-state index contributed by atoms with van der Waals surface area (Å²) in [5.74, 6) is -1.43. The van der Waals surface area contributed by atoms with Crippen LogP contribution in [0.3, 0.4) is 0 Å². The van der Waals surface area contributed by atoms with E-state index in [9.17, 15) is 29.4 Å². The number of ether oxygens (including phenoxy) is 1. The first-order chi connectivity index (χ1) is 29.1. The number of para-hydroxylation sites is 2. The molecule has 3 atom stereocenters. The Labute approximate surface area is 345 Å². The monoisotopic (exact) mass is 811 g/mol. The average molecular weight is 812 g/mol. The fraction of sp³-hybridized carbons (Fsp3) is 0.391. The number of fused-ring (bicyclic) bond motifs is 8. The zero-order valence-corrected chi connectivity index (χ0v) is 33.6. The quantitative estimate of drug-likeness (QED) is 0.172. The van der Waals surface area contributed by atoms with Gasteiger partial charge in [0.25, 0.3) is 22.7 Å². The maximum Gasteiger partial charge on any atom is 0.275 e. The lowest BCUT2D eigenvalue weighted by Crippen LogP contribution is -2.38. The van der Waals surface area contributed by atoms with E-state index in [-0.39, 0.29) is 41.7 Å². The van der Waals surface area contributed by atoms with Crippen LogP contribution in [-0.2, 0) is 24.0 Å². The van der Waals surface area contributed by atoms with Crippen molar-refractivity contribution in [2.75, 3.05) is 20.2 Å². The third-order valence-electron chi connectivity index (χ3n) is 13.4. The van der Waals surface area contributed by atoms with Gasteiger partial charge in [-0.3, -0.25) is 28.5 Å². The van der Waals surface area contributed by atoms with E-state index in [0.717, 1.165) is 65.2 Å². The molecule has 3 aromatic carbocycles. The highest BCUT2D eigenvalue weighted by atomic mass is 16.5. The summed E-state index contributed by atoms with van der Waals surface area (Å²) >= 11 is 0. The zero-order valence-electron chi connectivity index (χ0n) is 33.6. The van der Waals surface area contributed by atoms with Gasteiger partial charge in [0, 0.05) is 40.8 Å². The van der Waals surface area contributed by atoms with Crippen molar-refractivity contribution in [3.05, 3.63) is 123 Å². The molecule has 14 heteroatoms. The number of hydrogen-bond acceptors (Lipinski definition) is 9. The second-order valence-electron chi connectivity index (χ2n) is 16.9. The highest BCUT2D eigenvalue weighted by Crippen LogP contribution is 2.50. The molecule has 60 heavy (non-hydrogen) atoms. The summed E-state index contributed by atoms with van der Waals surface area (Å²) in [6, 6.07) is 24.7. The van der Waals surface area contributed by atoms with Crippen molar-refractivity contribution in [3.63, 3.8) is 0 Å². The predicted molar refractivity (Wildman–Crippen MR) is 226 cm³/mol. The largest absolute Gasteiger partial charge is 0.503 e. The summed E-state index contributed by atoms with van der Waals surface area (Å²) in [6.07, 6.45) is 9.94. The lowest BCUT2D eigenvalue weighted by Gasteiger charge is -2.35. The maximum absolute atomic E-state index is 13.7. The minimum atomic E-state index is -0.835. The second-order valence-corrected chi connectivity index (χ2v) is 16.9. The van der Waals surface area contributed by atoms with Gasteiger partial charge < -0.3 is 30.2 Å². The SMILES string of the molecule is CNC(=O)c1nn(CC2(n3c4ccccc4c4ccccc43)CCC(C3CCNC(=O)c4nn(cc(O)c4=O)CC4(CCCC4)c4cccc(c4)OCC3)C2)cc(O)c1=O. The number of hydrogen-bond donors (Lipinski definition) is 4. The van der Waals surface area contributed by atoms with E-state index in [4.69, 9.17) is 4.74 Å². The van der Waals surface area contributed by atoms with Crippen molar-refractivity contribution in [1.82, 2.24) is 34.8 Å². The van der Waals surface area contributed by atoms with Gasteiger partial charge in [-0.1, -0.05) is 61.4 Å². The van der Waals surface area contributed by atoms with Gasteiger partial charge in [-0.05, 0) is 86.6 Å². The summed E-state index contributed by atoms with van der Waals surface area (Å²) in [4.78, 5) is 52.5. The first-order valence-corrected chi connectivity index (χ1v) is 20.9. The third-order valence-corrected chi connectivity index (χ3v) is 13.4. The van der Waals surface area contributed by atoms with Crippen molar-refractivity contribution in [2.45, 2.75) is 81.8 Å². The number of amides is 2. The van der Waals surface area contributed by atoms with Gasteiger partial charge in [-0.15, -0.1) is 0 Å². The van der Waals surface area contributed by atoms with Crippen LogP contribution in [0.15, 0.2) is 94.8 Å². The number of aromatic nitrogens is 5. The van der Waals surface area contributed by atoms with E-state index in [0.29, 0.717) is 38.8 Å². The third kappa shape index (κ3) is 6.97. The van der Waals surface area contributed by atoms with Gasteiger partial charge >= 0.3 is 0 Å². The van der Waals surface area contributed by atoms with Gasteiger partial charge in [0.05, 0.1) is 37.6 Å². The van der Waals surface area contributed by atoms with Crippen LogP contribution in [-0.4, -0.2) is 66.4 Å². The number of carbonyl (C=O) groups excluding carboxylic acids is 2. The van der Waals surface area contributed by atoms with E-state index in [2.05, 4.69) is 61.8 Å². The van der Waals surface area contributed by atoms with E-state index in [1.54, 1.807) is 4.68 Å². The van der Waals surface area contributed by atoms with Crippen LogP contribution in [0.2, 0.25) is 0 Å². The standard InChI is InChI=1S/C46H49N7O7/c1-47-43(58)39-41(56)38(55)26-52(49-39)28-46(53-35-13-4-2-11-33(35)34-12-3-5-14-36(34)53)20-15-30(24-46)29-16-21-48-44(59)40-42(57)37(54)25-51(50-40)27-45(18-6-7-19-45)31-9-8-10-32(23-31)60-22-17-29/h2-5,8-14,23,25-26,29-30,54-55H,6-7,15-22,24,27-28H2,1H3,(H,47,58)(H,48,59). The molecule has 6 aromatic rings. The summed E-state index contributed by atoms with van der Waals surface area (Å²) in [7, 11) is 1.42. The Kier molecular flexibility index (Phi) is 10.2. The molecule has 3 unspecified atom stereocenters. The van der Waals surface area contributed by atoms with Crippen LogP contribution in [0.1, 0.15) is 84.3 Å². The van der Waals surface area contributed by atoms with E-state index in [1.807, 2.05) is 36.4 Å². The number of benzene rings is 3. The van der Waals surface area contributed by atoms with Gasteiger partial charge in [-0.25, -0.2) is 0 Å². The summed E-state index contributed by atoms with van der Waals surface area (Å²) in [6.45, 7) is 1.38. The highest BCUT2D eigenvalue weighted by Gasteiger charge is 2.45. The minimum absolute atomic E-state index is 0.0585. The van der Waals surface area contributed by atoms with Crippen molar-refractivity contribution in [3.8, 4) is 17.2 Å². The molecule has 4 N–H and O–H groups in total. The molecule has 0 radical (unpaired) electrons. The first kappa shape index (κ1) is 39.0. The molecule has 9 rings (SSSR count). The van der Waals surface area contributed by atoms with Crippen LogP contribution >= 0.6 is 0 Å². The Hall–Kier alpha value is -6.44. The predicted octanol–water partition coefficient (Wildman–Crippen LogP) is 5.61. The minimum Gasteiger partial charge on any atom is -0.503 e. The summed E-state index contributed by atoms with van der Waals surface area (Å²) in [5.41, 5.74) is -0.109. The van der Waals surface area contributed by atoms with Gasteiger partial charge in [0.2, 0.25) is 0 Å². The lowest BCUT2D eigenvalue weighted by molar-refractivity contribution is 0.0935. The average Bonchev–Trinajstić information content (AvgIpc) is 3.99. The van der Waals surface area contributed by atoms with Crippen LogP contribution in [0.5, 0.6) is 17.2 Å². The molecule has 2 fully saturated rings. The van der Waals surface area contributed by atoms with Crippen molar-refractivity contribution in [1.29, 1.82) is 0 Å². The number of nitrogens with zero attached hydrogens (tertiary/aromatic N) is 5. The molecule has 14 nitrogen and oxygen atoms in total. The Morgan fingerprint density at radius 3 is 2.30 bits per heavy atom. The molecule has 2 aliphatic carbocycles. The second kappa shape index (κ2) is 15.6. The van der Waals surface area contributed by atoms with Gasteiger partial charge in [0.1, 0.15) is 5.75 Å². The smallest absolute Gasteiger partial charge is 0.275 e. The molecular formula is C46H49N7O7. The fourth-order valence-corrected chi connectivity index (χ4v) is 10.5. The summed E-state index contributed by atoms with van der Waals surface area (Å²) < 4.78 is 12.0. The summed E-state index contributed by atoms with van der Waals surface area (Å²) in [5, 5.41) is 38.1. The number of carbonyl (C=O) groups is 2. The first-order valence-electron chi connectivity index (χ1n) is 20.9. The Bertz CT molecular complexity index is 2700. The van der Waals surface area contributed by atoms with Gasteiger partial charge in [0.15, 0.2) is 22.9 Å². The molecule has 1 aliphatic heterocycles. The fourth-order valence-electron chi connectivity index (χ4n) is 10.5. The molecule has 4 heterocycles. The molecule has 3 aromatic heterocycles. The van der Waals surface area contributed by atoms with E-state index in [1.165, 1.54) is 24.1 Å². The molecule has 2 amide bonds. The van der Waals surface area contributed by atoms with Gasteiger partial charge in [-0.2, -0.15) is 10.2 Å². The maximum atomic E-state index is 13.7. The Morgan fingerprint density at radius 2 is 1.57 bits per heavy atom. The topological polar surface area (TPSA) is 183 Å². The van der Waals surface area contributed by atoms with Crippen LogP contribution < -0.4 is 26.2 Å². The number of aromatic hydroxyl groups is 2. The number of nitrogens with one attached hydrogen (secondary N) is 2. The molecule has 1 spiro atoms. The van der Waals surface area contributed by atoms with Crippen LogP contribution in [0.25, 0.3) is 21.8 Å². The molecule has 4 bridgehead atoms. The zero-order chi connectivity index (χ0) is 41.6. The Morgan fingerprint density at radius 1 is 0.850 bits per heavy atom. The molecule has 310 valence electrons. The van der Waals surface area contributed by atoms with Crippen molar-refractivity contribution >= 4 is 33.6 Å². The van der Waals surface area contributed by atoms with Crippen molar-refractivity contribution in [2.24, 2.45) is 11.8 Å². The van der Waals surface area contributed by atoms with E-state index < -0.39 is 39.7 Å². The Balaban J connectivity index is 1.10. The lowest BCUT2D eigenvalue weighted by atomic mass is 9.78. The van der Waals surface area contributed by atoms with Crippen LogP contribution in [0, 0.1) is 11.8 Å².